The van der Waals surface area contributed by atoms with E-state index in [-0.39, 0.29) is 27.9 Å². The topological polar surface area (TPSA) is 106 Å². The van der Waals surface area contributed by atoms with Crippen molar-refractivity contribution in [3.63, 3.8) is 0 Å². The summed E-state index contributed by atoms with van der Waals surface area (Å²) >= 11 is 7.03. The predicted molar refractivity (Wildman–Crippen MR) is 141 cm³/mol. The fraction of sp³-hybridized carbons (Fsp3) is 0.259. The van der Waals surface area contributed by atoms with Gasteiger partial charge < -0.3 is 14.6 Å². The Morgan fingerprint density at radius 3 is 2.41 bits per heavy atom. The van der Waals surface area contributed by atoms with Gasteiger partial charge >= 0.3 is 11.9 Å². The number of aliphatic hydroxyl groups excluding tert-OH is 1. The van der Waals surface area contributed by atoms with Gasteiger partial charge in [0.1, 0.15) is 16.4 Å². The Morgan fingerprint density at radius 1 is 1.11 bits per heavy atom. The monoisotopic (exact) mass is 540 g/mol. The van der Waals surface area contributed by atoms with Crippen molar-refractivity contribution < 1.29 is 29.0 Å². The first-order chi connectivity index (χ1) is 17.8. The first-order valence-electron chi connectivity index (χ1n) is 11.7. The van der Waals surface area contributed by atoms with Gasteiger partial charge in [0.25, 0.3) is 5.78 Å². The molecular formula is C27H25ClN2O6S. The maximum atomic E-state index is 13.3. The first-order valence-corrected chi connectivity index (χ1v) is 12.9. The Balaban J connectivity index is 1.84. The van der Waals surface area contributed by atoms with Crippen LogP contribution in [0.3, 0.4) is 0 Å². The van der Waals surface area contributed by atoms with Crippen LogP contribution >= 0.6 is 22.9 Å². The zero-order valence-electron chi connectivity index (χ0n) is 20.5. The quantitative estimate of drug-likeness (QED) is 0.169. The Bertz CT molecular complexity index is 1360. The number of carbonyl (C=O) groups excluding carboxylic acids is 3. The number of ketones is 1. The molecule has 0 saturated carbocycles. The highest BCUT2D eigenvalue weighted by atomic mass is 35.5. The van der Waals surface area contributed by atoms with Crippen LogP contribution in [0.5, 0.6) is 5.75 Å². The second-order valence-corrected chi connectivity index (χ2v) is 9.64. The maximum Gasteiger partial charge on any atom is 0.350 e. The summed E-state index contributed by atoms with van der Waals surface area (Å²) in [7, 11) is 0. The molecule has 1 aromatic heterocycles. The van der Waals surface area contributed by atoms with E-state index in [4.69, 9.17) is 21.1 Å². The summed E-state index contributed by atoms with van der Waals surface area (Å²) in [4.78, 5) is 44.9. The van der Waals surface area contributed by atoms with E-state index in [1.54, 1.807) is 62.4 Å². The van der Waals surface area contributed by atoms with Crippen molar-refractivity contribution in [2.75, 3.05) is 18.1 Å². The van der Waals surface area contributed by atoms with E-state index in [0.717, 1.165) is 17.8 Å². The molecule has 1 fully saturated rings. The smallest absolute Gasteiger partial charge is 0.350 e. The number of benzene rings is 2. The Labute approximate surface area is 223 Å². The number of hydrogen-bond donors (Lipinski definition) is 1. The van der Waals surface area contributed by atoms with Gasteiger partial charge in [-0.2, -0.15) is 0 Å². The van der Waals surface area contributed by atoms with Gasteiger partial charge in [0.2, 0.25) is 0 Å². The van der Waals surface area contributed by atoms with Gasteiger partial charge in [0.15, 0.2) is 5.13 Å². The highest BCUT2D eigenvalue weighted by Gasteiger charge is 2.48. The summed E-state index contributed by atoms with van der Waals surface area (Å²) < 4.78 is 10.7. The highest BCUT2D eigenvalue weighted by molar-refractivity contribution is 7.17. The second kappa shape index (κ2) is 11.1. The lowest BCUT2D eigenvalue weighted by atomic mass is 9.95. The van der Waals surface area contributed by atoms with E-state index in [0.29, 0.717) is 34.2 Å². The lowest BCUT2D eigenvalue weighted by molar-refractivity contribution is -0.132. The Morgan fingerprint density at radius 2 is 1.78 bits per heavy atom. The number of Topliss-reactive ketones (excluding diaryl/α,β-unsaturated/α-hetero) is 1. The van der Waals surface area contributed by atoms with Gasteiger partial charge in [0.05, 0.1) is 30.5 Å². The van der Waals surface area contributed by atoms with Crippen LogP contribution in [0.25, 0.3) is 5.76 Å². The standard InChI is InChI=1S/C27H25ClN2O6S/c1-4-14-36-19-12-8-17(9-13-19)22(31)20-21(16-6-10-18(28)11-7-16)30(25(33)23(20)32)27-29-15(3)24(37-27)26(34)35-5-2/h6-13,21,31H,4-5,14H2,1-3H3/b22-20+. The first kappa shape index (κ1) is 26.4. The molecule has 1 N–H and O–H groups in total. The zero-order chi connectivity index (χ0) is 26.7. The molecule has 0 radical (unpaired) electrons. The summed E-state index contributed by atoms with van der Waals surface area (Å²) in [6, 6.07) is 12.2. The summed E-state index contributed by atoms with van der Waals surface area (Å²) in [5.74, 6) is -2.00. The van der Waals surface area contributed by atoms with Crippen molar-refractivity contribution in [3.8, 4) is 5.75 Å². The Hall–Kier alpha value is -3.69. The number of rotatable bonds is 8. The number of esters is 1. The highest BCUT2D eigenvalue weighted by Crippen LogP contribution is 2.44. The van der Waals surface area contributed by atoms with Crippen LogP contribution in [-0.2, 0) is 14.3 Å². The number of nitrogens with zero attached hydrogens (tertiary/aromatic N) is 2. The van der Waals surface area contributed by atoms with Crippen LogP contribution < -0.4 is 9.64 Å². The molecule has 1 aliphatic heterocycles. The third-order valence-corrected chi connectivity index (χ3v) is 7.07. The van der Waals surface area contributed by atoms with Crippen molar-refractivity contribution in [2.45, 2.75) is 33.2 Å². The summed E-state index contributed by atoms with van der Waals surface area (Å²) in [6.45, 7) is 6.05. The van der Waals surface area contributed by atoms with Crippen LogP contribution in [0.1, 0.15) is 52.8 Å². The van der Waals surface area contributed by atoms with Crippen LogP contribution in [0, 0.1) is 6.92 Å². The number of amides is 1. The molecule has 2 heterocycles. The van der Waals surface area contributed by atoms with Crippen LogP contribution in [0.4, 0.5) is 5.13 Å². The molecule has 1 saturated heterocycles. The zero-order valence-corrected chi connectivity index (χ0v) is 22.1. The lowest BCUT2D eigenvalue weighted by Crippen LogP contribution is -2.29. The number of thiazole rings is 1. The van der Waals surface area contributed by atoms with E-state index >= 15 is 0 Å². The van der Waals surface area contributed by atoms with E-state index in [9.17, 15) is 19.5 Å². The minimum absolute atomic E-state index is 0.0971. The lowest BCUT2D eigenvalue weighted by Gasteiger charge is -2.23. The molecule has 1 aliphatic rings. The average molecular weight is 541 g/mol. The van der Waals surface area contributed by atoms with Crippen molar-refractivity contribution in [1.29, 1.82) is 0 Å². The molecule has 1 atom stereocenters. The molecule has 192 valence electrons. The summed E-state index contributed by atoms with van der Waals surface area (Å²) in [5.41, 5.74) is 1.17. The molecule has 4 rings (SSSR count). The van der Waals surface area contributed by atoms with Gasteiger partial charge in [-0.25, -0.2) is 9.78 Å². The molecule has 1 amide bonds. The number of aryl methyl sites for hydroxylation is 1. The summed E-state index contributed by atoms with van der Waals surface area (Å²) in [5, 5.41) is 11.9. The molecule has 10 heteroatoms. The third-order valence-electron chi connectivity index (χ3n) is 5.68. The molecule has 37 heavy (non-hydrogen) atoms. The molecule has 0 bridgehead atoms. The van der Waals surface area contributed by atoms with Crippen LogP contribution in [0.2, 0.25) is 5.02 Å². The number of halogens is 1. The normalized spacial score (nSPS) is 16.8. The summed E-state index contributed by atoms with van der Waals surface area (Å²) in [6.07, 6.45) is 0.848. The minimum atomic E-state index is -0.992. The SMILES string of the molecule is CCCOc1ccc(/C(O)=C2\C(=O)C(=O)N(c3nc(C)c(C(=O)OCC)s3)C2c2ccc(Cl)cc2)cc1. The predicted octanol–water partition coefficient (Wildman–Crippen LogP) is 5.70. The van der Waals surface area contributed by atoms with Crippen molar-refractivity contribution >= 4 is 51.5 Å². The van der Waals surface area contributed by atoms with Crippen LogP contribution in [-0.4, -0.2) is 41.0 Å². The minimum Gasteiger partial charge on any atom is -0.507 e. The fourth-order valence-corrected chi connectivity index (χ4v) is 5.06. The largest absolute Gasteiger partial charge is 0.507 e. The number of ether oxygens (including phenoxy) is 2. The third kappa shape index (κ3) is 5.23. The second-order valence-electron chi connectivity index (χ2n) is 8.22. The van der Waals surface area contributed by atoms with E-state index in [1.807, 2.05) is 6.92 Å². The molecule has 8 nitrogen and oxygen atoms in total. The molecular weight excluding hydrogens is 516 g/mol. The number of carbonyl (C=O) groups is 3. The fourth-order valence-electron chi connectivity index (χ4n) is 3.95. The maximum absolute atomic E-state index is 13.3. The Kier molecular flexibility index (Phi) is 7.94. The molecule has 0 spiro atoms. The van der Waals surface area contributed by atoms with Crippen molar-refractivity contribution in [1.82, 2.24) is 4.98 Å². The molecule has 3 aromatic rings. The van der Waals surface area contributed by atoms with E-state index in [2.05, 4.69) is 4.98 Å². The number of aromatic nitrogens is 1. The van der Waals surface area contributed by atoms with Crippen molar-refractivity contribution in [3.05, 3.63) is 80.8 Å². The number of hydrogen-bond acceptors (Lipinski definition) is 8. The van der Waals surface area contributed by atoms with Gasteiger partial charge in [-0.3, -0.25) is 14.5 Å². The van der Waals surface area contributed by atoms with Crippen LogP contribution in [0.15, 0.2) is 54.1 Å². The van der Waals surface area contributed by atoms with Gasteiger partial charge in [0, 0.05) is 10.6 Å². The van der Waals surface area contributed by atoms with Crippen molar-refractivity contribution in [2.24, 2.45) is 0 Å². The van der Waals surface area contributed by atoms with Gasteiger partial charge in [-0.05, 0) is 62.2 Å². The molecule has 0 aliphatic carbocycles. The average Bonchev–Trinajstić information content (AvgIpc) is 3.40. The molecule has 1 unspecified atom stereocenters. The molecule has 2 aromatic carbocycles. The van der Waals surface area contributed by atoms with Gasteiger partial charge in [-0.15, -0.1) is 0 Å². The van der Waals surface area contributed by atoms with E-state index < -0.39 is 23.7 Å². The number of aliphatic hydroxyl groups is 1. The van der Waals surface area contributed by atoms with Gasteiger partial charge in [-0.1, -0.05) is 42.0 Å². The number of anilines is 1. The van der Waals surface area contributed by atoms with E-state index in [1.165, 1.54) is 4.90 Å².